The van der Waals surface area contributed by atoms with E-state index >= 15 is 8.78 Å². The number of hydrogen-bond acceptors (Lipinski definition) is 8. The van der Waals surface area contributed by atoms with Crippen molar-refractivity contribution in [3.8, 4) is 0 Å². The number of anilines is 1. The van der Waals surface area contributed by atoms with E-state index in [2.05, 4.69) is 20.0 Å². The van der Waals surface area contributed by atoms with Crippen molar-refractivity contribution >= 4 is 41.1 Å². The quantitative estimate of drug-likeness (QED) is 0.108. The first-order valence-corrected chi connectivity index (χ1v) is 13.8. The van der Waals surface area contributed by atoms with Gasteiger partial charge in [0.05, 0.1) is 12.8 Å². The zero-order valence-corrected chi connectivity index (χ0v) is 24.6. The van der Waals surface area contributed by atoms with E-state index in [0.29, 0.717) is 4.90 Å². The van der Waals surface area contributed by atoms with E-state index in [0.717, 1.165) is 7.11 Å². The number of carboxylic acids is 1. The van der Waals surface area contributed by atoms with E-state index in [1.807, 2.05) is 0 Å². The molecule has 1 saturated heterocycles. The standard InChI is InChI=1S/C31H25F5N4O7/c1-14(15-7-3-4-8-17(15)39-29(43)18-9-5-6-12-37-18)38-28(30(44)45)16(22-23(32)25(34)27(36)26(35)24(22)33)13-21(42)40-19(31(46)47-2)10-11-20(40)41/h3-9,12,16,19,28H,10-11,13H2,1-2H3,(H,39,43)(H,44,45)/t16-,19-,28+/m0/s1. The van der Waals surface area contributed by atoms with Crippen LogP contribution in [0.25, 0.3) is 0 Å². The molecule has 3 amide bonds. The minimum Gasteiger partial charge on any atom is -0.480 e. The van der Waals surface area contributed by atoms with Crippen molar-refractivity contribution in [1.29, 1.82) is 0 Å². The minimum atomic E-state index is -2.53. The van der Waals surface area contributed by atoms with E-state index in [9.17, 15) is 42.3 Å². The molecule has 11 nitrogen and oxygen atoms in total. The predicted molar refractivity (Wildman–Crippen MR) is 153 cm³/mol. The number of amides is 3. The molecule has 246 valence electrons. The second-order valence-electron chi connectivity index (χ2n) is 10.2. The van der Waals surface area contributed by atoms with Crippen LogP contribution in [0.2, 0.25) is 0 Å². The summed E-state index contributed by atoms with van der Waals surface area (Å²) in [6.07, 6.45) is -0.470. The molecule has 2 heterocycles. The van der Waals surface area contributed by atoms with Crippen LogP contribution in [0.1, 0.15) is 53.7 Å². The van der Waals surface area contributed by atoms with Crippen LogP contribution < -0.4 is 5.32 Å². The smallest absolute Gasteiger partial charge is 0.329 e. The summed E-state index contributed by atoms with van der Waals surface area (Å²) in [4.78, 5) is 71.9. The second kappa shape index (κ2) is 14.3. The van der Waals surface area contributed by atoms with Crippen molar-refractivity contribution < 1.29 is 55.8 Å². The number of benzene rings is 2. The molecule has 0 bridgehead atoms. The summed E-state index contributed by atoms with van der Waals surface area (Å²) >= 11 is 0. The Kier molecular flexibility index (Phi) is 10.4. The lowest BCUT2D eigenvalue weighted by Gasteiger charge is -2.27. The number of imide groups is 1. The van der Waals surface area contributed by atoms with Crippen molar-refractivity contribution in [1.82, 2.24) is 9.88 Å². The highest BCUT2D eigenvalue weighted by molar-refractivity contribution is 6.10. The summed E-state index contributed by atoms with van der Waals surface area (Å²) in [7, 11) is 0.972. The van der Waals surface area contributed by atoms with Crippen LogP contribution in [0.3, 0.4) is 0 Å². The van der Waals surface area contributed by atoms with E-state index in [1.54, 1.807) is 12.1 Å². The third-order valence-electron chi connectivity index (χ3n) is 7.39. The molecule has 3 atom stereocenters. The molecular formula is C31H25F5N4O7. The third-order valence-corrected chi connectivity index (χ3v) is 7.39. The zero-order chi connectivity index (χ0) is 34.6. The number of nitrogens with zero attached hydrogens (tertiary/aromatic N) is 3. The Morgan fingerprint density at radius 3 is 2.21 bits per heavy atom. The van der Waals surface area contributed by atoms with E-state index < -0.39 is 88.7 Å². The monoisotopic (exact) mass is 660 g/mol. The minimum absolute atomic E-state index is 0.0203. The molecule has 1 aromatic heterocycles. The SMILES string of the molecule is COC(=O)[C@@H]1CCC(=O)N1C(=O)C[C@@H](c1c(F)c(F)c(F)c(F)c1F)[C@@H](N=C(C)c1ccccc1NC(=O)c1ccccn1)C(=O)O. The average molecular weight is 661 g/mol. The Balaban J connectivity index is 1.83. The number of carbonyl (C=O) groups excluding carboxylic acids is 4. The number of carboxylic acid groups (broad SMARTS) is 1. The summed E-state index contributed by atoms with van der Waals surface area (Å²) in [6, 6.07) is 6.49. The Morgan fingerprint density at radius 2 is 1.62 bits per heavy atom. The summed E-state index contributed by atoms with van der Waals surface area (Å²) < 4.78 is 77.7. The molecule has 1 aliphatic heterocycles. The molecule has 3 aromatic rings. The lowest BCUT2D eigenvalue weighted by Crippen LogP contribution is -2.45. The highest BCUT2D eigenvalue weighted by atomic mass is 19.2. The van der Waals surface area contributed by atoms with E-state index in [4.69, 9.17) is 0 Å². The van der Waals surface area contributed by atoms with Crippen LogP contribution in [0.15, 0.2) is 53.7 Å². The lowest BCUT2D eigenvalue weighted by atomic mass is 9.86. The lowest BCUT2D eigenvalue weighted by molar-refractivity contribution is -0.156. The van der Waals surface area contributed by atoms with Crippen molar-refractivity contribution in [2.45, 2.75) is 44.2 Å². The number of aliphatic imine (C=N–C) groups is 1. The number of para-hydroxylation sites is 1. The number of esters is 1. The van der Waals surface area contributed by atoms with Crippen LogP contribution in [0, 0.1) is 29.1 Å². The molecule has 1 fully saturated rings. The highest BCUT2D eigenvalue weighted by Gasteiger charge is 2.45. The van der Waals surface area contributed by atoms with Gasteiger partial charge in [-0.15, -0.1) is 0 Å². The first-order valence-electron chi connectivity index (χ1n) is 13.8. The van der Waals surface area contributed by atoms with Crippen LogP contribution in [0.5, 0.6) is 0 Å². The predicted octanol–water partition coefficient (Wildman–Crippen LogP) is 4.16. The fourth-order valence-corrected chi connectivity index (χ4v) is 5.15. The summed E-state index contributed by atoms with van der Waals surface area (Å²) in [5.74, 6) is -20.5. The number of halogens is 5. The number of hydrogen-bond donors (Lipinski definition) is 2. The number of likely N-dealkylation sites (tertiary alicyclic amines) is 1. The number of pyridine rings is 1. The van der Waals surface area contributed by atoms with Crippen LogP contribution in [-0.2, 0) is 23.9 Å². The molecule has 1 aliphatic rings. The number of carbonyl (C=O) groups is 5. The summed E-state index contributed by atoms with van der Waals surface area (Å²) in [5, 5.41) is 12.8. The maximum atomic E-state index is 15.2. The molecular weight excluding hydrogens is 635 g/mol. The maximum absolute atomic E-state index is 15.2. The molecule has 0 spiro atoms. The number of aromatic nitrogens is 1. The summed E-state index contributed by atoms with van der Waals surface area (Å²) in [5.41, 5.74) is -1.67. The Bertz CT molecular complexity index is 1760. The molecule has 0 unspecified atom stereocenters. The van der Waals surface area contributed by atoms with Gasteiger partial charge in [0.25, 0.3) is 5.91 Å². The highest BCUT2D eigenvalue weighted by Crippen LogP contribution is 2.36. The molecule has 2 N–H and O–H groups in total. The molecule has 16 heteroatoms. The van der Waals surface area contributed by atoms with Crippen molar-refractivity contribution in [3.05, 3.63) is 94.6 Å². The molecule has 47 heavy (non-hydrogen) atoms. The van der Waals surface area contributed by atoms with Crippen LogP contribution in [0.4, 0.5) is 27.6 Å². The fraction of sp³-hybridized carbons (Fsp3) is 0.258. The fourth-order valence-electron chi connectivity index (χ4n) is 5.15. The first-order chi connectivity index (χ1) is 22.3. The zero-order valence-electron chi connectivity index (χ0n) is 24.6. The summed E-state index contributed by atoms with van der Waals surface area (Å²) in [6.45, 7) is 1.25. The molecule has 2 aromatic carbocycles. The number of aliphatic carboxylic acids is 1. The maximum Gasteiger partial charge on any atom is 0.329 e. The van der Waals surface area contributed by atoms with Gasteiger partial charge >= 0.3 is 11.9 Å². The van der Waals surface area contributed by atoms with Gasteiger partial charge in [-0.1, -0.05) is 24.3 Å². The second-order valence-corrected chi connectivity index (χ2v) is 10.2. The van der Waals surface area contributed by atoms with Crippen LogP contribution in [-0.4, -0.2) is 69.6 Å². The number of nitrogens with one attached hydrogen (secondary N) is 1. The number of methoxy groups -OCH3 is 1. The van der Waals surface area contributed by atoms with E-state index in [-0.39, 0.29) is 35.5 Å². The molecule has 4 rings (SSSR count). The number of ether oxygens (including phenoxy) is 1. The van der Waals surface area contributed by atoms with Crippen LogP contribution >= 0.6 is 0 Å². The van der Waals surface area contributed by atoms with Gasteiger partial charge in [-0.2, -0.15) is 0 Å². The van der Waals surface area contributed by atoms with Gasteiger partial charge in [-0.25, -0.2) is 31.5 Å². The Hall–Kier alpha value is -5.54. The van der Waals surface area contributed by atoms with Gasteiger partial charge in [-0.3, -0.25) is 29.3 Å². The van der Waals surface area contributed by atoms with Crippen molar-refractivity contribution in [3.63, 3.8) is 0 Å². The number of rotatable bonds is 10. The molecule has 0 radical (unpaired) electrons. The molecule has 0 aliphatic carbocycles. The van der Waals surface area contributed by atoms with Gasteiger partial charge in [-0.05, 0) is 31.5 Å². The Morgan fingerprint density at radius 1 is 1.00 bits per heavy atom. The largest absolute Gasteiger partial charge is 0.480 e. The average Bonchev–Trinajstić information content (AvgIpc) is 3.46. The first kappa shape index (κ1) is 34.3. The topological polar surface area (TPSA) is 155 Å². The Labute approximate surface area is 263 Å². The van der Waals surface area contributed by atoms with Gasteiger partial charge in [0.15, 0.2) is 29.3 Å². The molecule has 0 saturated carbocycles. The van der Waals surface area contributed by atoms with Crippen molar-refractivity contribution in [2.75, 3.05) is 12.4 Å². The van der Waals surface area contributed by atoms with Crippen molar-refractivity contribution in [2.24, 2.45) is 4.99 Å². The van der Waals surface area contributed by atoms with Gasteiger partial charge < -0.3 is 15.2 Å². The van der Waals surface area contributed by atoms with E-state index in [1.165, 1.54) is 43.5 Å². The third kappa shape index (κ3) is 7.00. The van der Waals surface area contributed by atoms with Gasteiger partial charge in [0.2, 0.25) is 17.6 Å². The van der Waals surface area contributed by atoms with Gasteiger partial charge in [0.1, 0.15) is 11.7 Å². The normalized spacial score (nSPS) is 16.1. The van der Waals surface area contributed by atoms with Gasteiger partial charge in [0, 0.05) is 41.8 Å².